The van der Waals surface area contributed by atoms with Gasteiger partial charge in [0.15, 0.2) is 5.78 Å². The lowest BCUT2D eigenvalue weighted by atomic mass is 10.0. The molecule has 0 bridgehead atoms. The van der Waals surface area contributed by atoms with Crippen LogP contribution in [0.1, 0.15) is 20.2 Å². The molecule has 0 saturated carbocycles. The number of nitrogens with zero attached hydrogens (tertiary/aromatic N) is 7. The molecule has 0 N–H and O–H groups in total. The minimum absolute atomic E-state index is 0.0770. The first-order chi connectivity index (χ1) is 16.8. The van der Waals surface area contributed by atoms with E-state index in [1.165, 1.54) is 4.90 Å². The summed E-state index contributed by atoms with van der Waals surface area (Å²) in [5.74, 6) is 0.596. The van der Waals surface area contributed by atoms with Crippen molar-refractivity contribution in [1.29, 1.82) is 0 Å². The number of fused-ring (bicyclic) bond motifs is 1. The van der Waals surface area contributed by atoms with Gasteiger partial charge in [0.05, 0.1) is 23.8 Å². The number of rotatable bonds is 5. The first-order valence-corrected chi connectivity index (χ1v) is 10.5. The van der Waals surface area contributed by atoms with Gasteiger partial charge < -0.3 is 9.80 Å². The fourth-order valence-electron chi connectivity index (χ4n) is 3.89. The third-order valence-corrected chi connectivity index (χ3v) is 5.69. The first-order valence-electron chi connectivity index (χ1n) is 12.0. The standard InChI is InChI=1S/C24H25N7O/c1-29-7-9-31(10-8-29)24-13-18(5-6-25-24)23(32)14-21-12-19-11-17(3-4-22(19)28-27-21)20-15-26-30(2)16-20/h3-6,11-13,15-16H,7-10,14H2,1-2H3/i1D3. The Balaban J connectivity index is 1.31. The molecule has 0 unspecified atom stereocenters. The van der Waals surface area contributed by atoms with Crippen molar-refractivity contribution >= 4 is 22.5 Å². The monoisotopic (exact) mass is 430 g/mol. The molecular weight excluding hydrogens is 402 g/mol. The van der Waals surface area contributed by atoms with Crippen molar-refractivity contribution in [3.63, 3.8) is 0 Å². The van der Waals surface area contributed by atoms with E-state index in [4.69, 9.17) is 4.11 Å². The van der Waals surface area contributed by atoms with Crippen molar-refractivity contribution in [3.8, 4) is 11.1 Å². The number of carbonyl (C=O) groups is 1. The van der Waals surface area contributed by atoms with E-state index in [0.717, 1.165) is 22.0 Å². The van der Waals surface area contributed by atoms with Crippen LogP contribution in [0.4, 0.5) is 5.82 Å². The molecule has 0 atom stereocenters. The number of aromatic nitrogens is 5. The number of hydrogen-bond donors (Lipinski definition) is 0. The second-order valence-corrected chi connectivity index (χ2v) is 7.99. The van der Waals surface area contributed by atoms with E-state index in [0.29, 0.717) is 43.3 Å². The third kappa shape index (κ3) is 4.22. The average Bonchev–Trinajstić information content (AvgIpc) is 3.29. The van der Waals surface area contributed by atoms with Gasteiger partial charge in [-0.1, -0.05) is 6.07 Å². The highest BCUT2D eigenvalue weighted by Crippen LogP contribution is 2.23. The van der Waals surface area contributed by atoms with Gasteiger partial charge in [-0.3, -0.25) is 9.48 Å². The maximum atomic E-state index is 13.1. The Hall–Kier alpha value is -3.65. The Kier molecular flexibility index (Phi) is 4.49. The topological polar surface area (TPSA) is 80.0 Å². The van der Waals surface area contributed by atoms with Gasteiger partial charge in [0, 0.05) is 66.2 Å². The van der Waals surface area contributed by atoms with Crippen LogP contribution in [0.5, 0.6) is 0 Å². The fourth-order valence-corrected chi connectivity index (χ4v) is 3.89. The van der Waals surface area contributed by atoms with Crippen LogP contribution in [0.2, 0.25) is 0 Å². The number of aryl methyl sites for hydroxylation is 1. The smallest absolute Gasteiger partial charge is 0.169 e. The van der Waals surface area contributed by atoms with E-state index < -0.39 is 6.98 Å². The number of carbonyl (C=O) groups excluding carboxylic acids is 1. The molecule has 0 spiro atoms. The molecule has 1 aliphatic heterocycles. The molecule has 32 heavy (non-hydrogen) atoms. The molecule has 8 nitrogen and oxygen atoms in total. The van der Waals surface area contributed by atoms with Gasteiger partial charge >= 0.3 is 0 Å². The lowest BCUT2D eigenvalue weighted by Crippen LogP contribution is -2.44. The molecule has 4 heterocycles. The number of piperazine rings is 1. The molecule has 8 heteroatoms. The minimum atomic E-state index is -2.09. The number of pyridine rings is 1. The Morgan fingerprint density at radius 1 is 1.06 bits per heavy atom. The molecule has 1 fully saturated rings. The van der Waals surface area contributed by atoms with Gasteiger partial charge in [-0.2, -0.15) is 15.3 Å². The fraction of sp³-hybridized carbons (Fsp3) is 0.292. The van der Waals surface area contributed by atoms with E-state index in [-0.39, 0.29) is 12.2 Å². The van der Waals surface area contributed by atoms with E-state index >= 15 is 0 Å². The number of likely N-dealkylation sites (N-methyl/N-ethyl adjacent to an activating group) is 1. The second kappa shape index (κ2) is 8.47. The molecule has 0 amide bonds. The molecule has 3 aromatic heterocycles. The molecule has 162 valence electrons. The second-order valence-electron chi connectivity index (χ2n) is 7.99. The summed E-state index contributed by atoms with van der Waals surface area (Å²) >= 11 is 0. The van der Waals surface area contributed by atoms with E-state index in [1.54, 1.807) is 23.0 Å². The lowest BCUT2D eigenvalue weighted by Gasteiger charge is -2.33. The number of anilines is 1. The molecule has 0 radical (unpaired) electrons. The largest absolute Gasteiger partial charge is 0.354 e. The van der Waals surface area contributed by atoms with Crippen molar-refractivity contribution in [2.24, 2.45) is 7.05 Å². The van der Waals surface area contributed by atoms with E-state index in [9.17, 15) is 4.79 Å². The number of Topliss-reactive ketones (excluding diaryl/α,β-unsaturated/α-hetero) is 1. The molecule has 1 saturated heterocycles. The van der Waals surface area contributed by atoms with Gasteiger partial charge in [0.25, 0.3) is 0 Å². The SMILES string of the molecule is [2H]C([2H])([2H])N1CCN(c2cc(C(=O)Cc3cc4cc(-c5cnn(C)c5)ccc4nn3)ccn2)CC1. The van der Waals surface area contributed by atoms with Gasteiger partial charge in [0.1, 0.15) is 5.82 Å². The summed E-state index contributed by atoms with van der Waals surface area (Å²) in [4.78, 5) is 20.9. The summed E-state index contributed by atoms with van der Waals surface area (Å²) in [6.07, 6.45) is 5.50. The van der Waals surface area contributed by atoms with Gasteiger partial charge in [-0.25, -0.2) is 4.98 Å². The third-order valence-electron chi connectivity index (χ3n) is 5.69. The Labute approximate surface area is 190 Å². The molecule has 0 aliphatic carbocycles. The van der Waals surface area contributed by atoms with Crippen LogP contribution in [0.3, 0.4) is 0 Å². The van der Waals surface area contributed by atoms with Gasteiger partial charge in [-0.05, 0) is 42.9 Å². The predicted molar refractivity (Wildman–Crippen MR) is 124 cm³/mol. The predicted octanol–water partition coefficient (Wildman–Crippen LogP) is 2.60. The van der Waals surface area contributed by atoms with Crippen LogP contribution in [-0.2, 0) is 13.5 Å². The van der Waals surface area contributed by atoms with Gasteiger partial charge in [-0.15, -0.1) is 0 Å². The van der Waals surface area contributed by atoms with Crippen molar-refractivity contribution in [2.45, 2.75) is 6.42 Å². The quantitative estimate of drug-likeness (QED) is 0.450. The highest BCUT2D eigenvalue weighted by molar-refractivity contribution is 5.98. The first kappa shape index (κ1) is 17.0. The molecule has 1 aliphatic rings. The summed E-state index contributed by atoms with van der Waals surface area (Å²) in [5, 5.41) is 13.7. The Morgan fingerprint density at radius 3 is 2.72 bits per heavy atom. The molecule has 1 aromatic carbocycles. The molecule has 5 rings (SSSR count). The van der Waals surface area contributed by atoms with Crippen LogP contribution in [0, 0.1) is 0 Å². The number of ketones is 1. The molecular formula is C24H25N7O. The highest BCUT2D eigenvalue weighted by atomic mass is 16.1. The minimum Gasteiger partial charge on any atom is -0.354 e. The summed E-state index contributed by atoms with van der Waals surface area (Å²) in [6.45, 7) is -0.165. The van der Waals surface area contributed by atoms with E-state index in [2.05, 4.69) is 20.3 Å². The summed E-state index contributed by atoms with van der Waals surface area (Å²) in [5.41, 5.74) is 3.92. The summed E-state index contributed by atoms with van der Waals surface area (Å²) < 4.78 is 24.5. The highest BCUT2D eigenvalue weighted by Gasteiger charge is 2.17. The zero-order valence-corrected chi connectivity index (χ0v) is 17.8. The summed E-state index contributed by atoms with van der Waals surface area (Å²) in [7, 11) is 1.88. The van der Waals surface area contributed by atoms with Crippen LogP contribution in [-0.4, -0.2) is 68.8 Å². The zero-order valence-electron chi connectivity index (χ0n) is 20.8. The lowest BCUT2D eigenvalue weighted by molar-refractivity contribution is 0.0991. The van der Waals surface area contributed by atoms with Crippen molar-refractivity contribution < 1.29 is 8.91 Å². The van der Waals surface area contributed by atoms with E-state index in [1.807, 2.05) is 48.6 Å². The Bertz CT molecular complexity index is 1380. The molecule has 4 aromatic rings. The van der Waals surface area contributed by atoms with Crippen molar-refractivity contribution in [3.05, 3.63) is 66.2 Å². The number of benzene rings is 1. The zero-order chi connectivity index (χ0) is 24.6. The van der Waals surface area contributed by atoms with Crippen molar-refractivity contribution in [1.82, 2.24) is 29.9 Å². The maximum absolute atomic E-state index is 13.1. The van der Waals surface area contributed by atoms with Crippen molar-refractivity contribution in [2.75, 3.05) is 38.1 Å². The van der Waals surface area contributed by atoms with Gasteiger partial charge in [0.2, 0.25) is 0 Å². The Morgan fingerprint density at radius 2 is 1.94 bits per heavy atom. The van der Waals surface area contributed by atoms with Crippen LogP contribution < -0.4 is 4.90 Å². The summed E-state index contributed by atoms with van der Waals surface area (Å²) in [6, 6.07) is 11.3. The van der Waals surface area contributed by atoms with Crippen LogP contribution >= 0.6 is 0 Å². The number of hydrogen-bond acceptors (Lipinski definition) is 7. The maximum Gasteiger partial charge on any atom is 0.169 e. The van der Waals surface area contributed by atoms with Crippen LogP contribution in [0.15, 0.2) is 55.0 Å². The van der Waals surface area contributed by atoms with Crippen LogP contribution in [0.25, 0.3) is 22.0 Å². The average molecular weight is 431 g/mol. The normalized spacial score (nSPS) is 16.5.